The number of anilines is 2. The first kappa shape index (κ1) is 19.4. The molecule has 7 nitrogen and oxygen atoms in total. The van der Waals surface area contributed by atoms with Crippen LogP contribution in [0.25, 0.3) is 5.65 Å². The van der Waals surface area contributed by atoms with E-state index < -0.39 is 12.1 Å². The third-order valence-corrected chi connectivity index (χ3v) is 4.72. The minimum Gasteiger partial charge on any atom is -0.478 e. The van der Waals surface area contributed by atoms with Crippen molar-refractivity contribution in [3.8, 4) is 5.75 Å². The number of carboxylic acids is 1. The number of nitrogens with zero attached hydrogens (tertiary/aromatic N) is 3. The fourth-order valence-electron chi connectivity index (χ4n) is 3.17. The summed E-state index contributed by atoms with van der Waals surface area (Å²) in [7, 11) is 0. The van der Waals surface area contributed by atoms with Gasteiger partial charge in [-0.15, -0.1) is 0 Å². The molecule has 2 aromatic carbocycles. The van der Waals surface area contributed by atoms with E-state index in [2.05, 4.69) is 22.3 Å². The highest BCUT2D eigenvalue weighted by Gasteiger charge is 2.20. The molecule has 1 unspecified atom stereocenters. The van der Waals surface area contributed by atoms with E-state index in [-0.39, 0.29) is 0 Å². The Morgan fingerprint density at radius 3 is 2.60 bits per heavy atom. The highest BCUT2D eigenvalue weighted by molar-refractivity contribution is 5.73. The maximum atomic E-state index is 11.6. The molecule has 0 aliphatic carbocycles. The van der Waals surface area contributed by atoms with Crippen molar-refractivity contribution >= 4 is 23.1 Å². The molecule has 0 radical (unpaired) electrons. The summed E-state index contributed by atoms with van der Waals surface area (Å²) in [5.74, 6) is 0.311. The maximum Gasteiger partial charge on any atom is 0.345 e. The van der Waals surface area contributed by atoms with Gasteiger partial charge in [0.2, 0.25) is 0 Å². The van der Waals surface area contributed by atoms with E-state index in [4.69, 9.17) is 4.74 Å². The van der Waals surface area contributed by atoms with Crippen molar-refractivity contribution in [2.45, 2.75) is 25.9 Å². The number of benzene rings is 2. The minimum absolute atomic E-state index is 0.296. The lowest BCUT2D eigenvalue weighted by Gasteiger charge is -2.16. The van der Waals surface area contributed by atoms with Crippen LogP contribution in [-0.4, -0.2) is 31.8 Å². The number of aryl methyl sites for hydroxylation is 1. The number of fused-ring (bicyclic) bond motifs is 1. The molecule has 0 saturated heterocycles. The number of aromatic nitrogens is 3. The Labute approximate surface area is 174 Å². The fraction of sp³-hybridized carbons (Fsp3) is 0.174. The standard InChI is InChI=1S/C23H22N4O3/c1-2-17-15-22(27-21(25-17)12-13-24-27)26-18-8-10-19(11-9-18)30-20(23(28)29)14-16-6-4-3-5-7-16/h3-13,15,20,26H,2,14H2,1H3,(H,28,29). The van der Waals surface area contributed by atoms with Crippen LogP contribution >= 0.6 is 0 Å². The lowest BCUT2D eigenvalue weighted by molar-refractivity contribution is -0.145. The van der Waals surface area contributed by atoms with Crippen LogP contribution in [0, 0.1) is 0 Å². The van der Waals surface area contributed by atoms with Gasteiger partial charge in [0.25, 0.3) is 0 Å². The fourth-order valence-corrected chi connectivity index (χ4v) is 3.17. The van der Waals surface area contributed by atoms with Crippen molar-refractivity contribution in [3.05, 3.63) is 84.2 Å². The molecular formula is C23H22N4O3. The predicted octanol–water partition coefficient (Wildman–Crippen LogP) is 4.11. The van der Waals surface area contributed by atoms with Gasteiger partial charge in [-0.25, -0.2) is 9.78 Å². The van der Waals surface area contributed by atoms with E-state index in [1.807, 2.05) is 54.6 Å². The van der Waals surface area contributed by atoms with E-state index in [0.717, 1.165) is 34.8 Å². The average Bonchev–Trinajstić information content (AvgIpc) is 3.24. The minimum atomic E-state index is -0.994. The van der Waals surface area contributed by atoms with Crippen LogP contribution in [0.2, 0.25) is 0 Å². The Hall–Kier alpha value is -3.87. The molecule has 0 saturated carbocycles. The maximum absolute atomic E-state index is 11.6. The Kier molecular flexibility index (Phi) is 5.61. The van der Waals surface area contributed by atoms with E-state index >= 15 is 0 Å². The van der Waals surface area contributed by atoms with Gasteiger partial charge in [0.05, 0.1) is 6.20 Å². The van der Waals surface area contributed by atoms with E-state index in [1.165, 1.54) is 0 Å². The molecular weight excluding hydrogens is 380 g/mol. The van der Waals surface area contributed by atoms with Gasteiger partial charge in [-0.3, -0.25) is 0 Å². The lowest BCUT2D eigenvalue weighted by Crippen LogP contribution is -2.29. The molecule has 152 valence electrons. The van der Waals surface area contributed by atoms with Crippen LogP contribution < -0.4 is 10.1 Å². The Balaban J connectivity index is 1.49. The van der Waals surface area contributed by atoms with E-state index in [0.29, 0.717) is 12.2 Å². The summed E-state index contributed by atoms with van der Waals surface area (Å²) in [6, 6.07) is 20.5. The topological polar surface area (TPSA) is 88.8 Å². The summed E-state index contributed by atoms with van der Waals surface area (Å²) in [5.41, 5.74) is 3.50. The van der Waals surface area contributed by atoms with Gasteiger partial charge in [0, 0.05) is 29.9 Å². The molecule has 0 fully saturated rings. The molecule has 0 spiro atoms. The second-order valence-electron chi connectivity index (χ2n) is 6.87. The highest BCUT2D eigenvalue weighted by Crippen LogP contribution is 2.22. The zero-order valence-corrected chi connectivity index (χ0v) is 16.5. The lowest BCUT2D eigenvalue weighted by atomic mass is 10.1. The van der Waals surface area contributed by atoms with Crippen LogP contribution in [0.15, 0.2) is 72.9 Å². The van der Waals surface area contributed by atoms with Crippen molar-refractivity contribution in [1.82, 2.24) is 14.6 Å². The molecule has 0 aliphatic rings. The van der Waals surface area contributed by atoms with Crippen molar-refractivity contribution < 1.29 is 14.6 Å². The molecule has 2 aromatic heterocycles. The molecule has 30 heavy (non-hydrogen) atoms. The Morgan fingerprint density at radius 1 is 1.13 bits per heavy atom. The van der Waals surface area contributed by atoms with Gasteiger partial charge in [-0.2, -0.15) is 9.61 Å². The van der Waals surface area contributed by atoms with Crippen LogP contribution in [0.4, 0.5) is 11.5 Å². The number of aliphatic carboxylic acids is 1. The first-order valence-corrected chi connectivity index (χ1v) is 9.76. The number of carboxylic acid groups (broad SMARTS) is 1. The molecule has 0 aliphatic heterocycles. The predicted molar refractivity (Wildman–Crippen MR) is 114 cm³/mol. The smallest absolute Gasteiger partial charge is 0.345 e. The number of hydrogen-bond donors (Lipinski definition) is 2. The molecule has 4 aromatic rings. The quantitative estimate of drug-likeness (QED) is 0.461. The molecule has 2 N–H and O–H groups in total. The van der Waals surface area contributed by atoms with Crippen LogP contribution in [0.3, 0.4) is 0 Å². The monoisotopic (exact) mass is 402 g/mol. The summed E-state index contributed by atoms with van der Waals surface area (Å²) in [4.78, 5) is 16.2. The third kappa shape index (κ3) is 4.41. The second-order valence-corrected chi connectivity index (χ2v) is 6.87. The summed E-state index contributed by atoms with van der Waals surface area (Å²) in [6.45, 7) is 2.05. The summed E-state index contributed by atoms with van der Waals surface area (Å²) in [5, 5.41) is 17.2. The molecule has 2 heterocycles. The van der Waals surface area contributed by atoms with E-state index in [9.17, 15) is 9.90 Å². The number of hydrogen-bond acceptors (Lipinski definition) is 5. The SMILES string of the molecule is CCc1cc(Nc2ccc(OC(Cc3ccccc3)C(=O)O)cc2)n2nccc2n1. The Morgan fingerprint density at radius 2 is 1.90 bits per heavy atom. The van der Waals surface area contributed by atoms with Gasteiger partial charge < -0.3 is 15.2 Å². The molecule has 0 amide bonds. The first-order valence-electron chi connectivity index (χ1n) is 9.76. The van der Waals surface area contributed by atoms with Crippen molar-refractivity contribution in [2.75, 3.05) is 5.32 Å². The molecule has 7 heteroatoms. The Bertz CT molecular complexity index is 1140. The van der Waals surface area contributed by atoms with Crippen LogP contribution in [0.5, 0.6) is 5.75 Å². The summed E-state index contributed by atoms with van der Waals surface area (Å²) in [6.07, 6.45) is 1.87. The normalized spacial score (nSPS) is 11.9. The number of rotatable bonds is 8. The van der Waals surface area contributed by atoms with Crippen molar-refractivity contribution in [3.63, 3.8) is 0 Å². The van der Waals surface area contributed by atoms with Gasteiger partial charge in [0.15, 0.2) is 11.8 Å². The average molecular weight is 402 g/mol. The van der Waals surface area contributed by atoms with Crippen LogP contribution in [-0.2, 0) is 17.6 Å². The largest absolute Gasteiger partial charge is 0.478 e. The van der Waals surface area contributed by atoms with Crippen LogP contribution in [0.1, 0.15) is 18.2 Å². The number of ether oxygens (including phenoxy) is 1. The summed E-state index contributed by atoms with van der Waals surface area (Å²) < 4.78 is 7.46. The van der Waals surface area contributed by atoms with Crippen molar-refractivity contribution in [1.29, 1.82) is 0 Å². The van der Waals surface area contributed by atoms with Crippen molar-refractivity contribution in [2.24, 2.45) is 0 Å². The zero-order valence-electron chi connectivity index (χ0n) is 16.5. The first-order chi connectivity index (χ1) is 14.6. The molecule has 0 bridgehead atoms. The zero-order chi connectivity index (χ0) is 20.9. The highest BCUT2D eigenvalue weighted by atomic mass is 16.5. The van der Waals surface area contributed by atoms with Gasteiger partial charge in [-0.05, 0) is 36.2 Å². The molecule has 1 atom stereocenters. The van der Waals surface area contributed by atoms with Gasteiger partial charge in [0.1, 0.15) is 11.6 Å². The van der Waals surface area contributed by atoms with Gasteiger partial charge in [-0.1, -0.05) is 37.3 Å². The third-order valence-electron chi connectivity index (χ3n) is 4.72. The number of nitrogens with one attached hydrogen (secondary N) is 1. The second kappa shape index (κ2) is 8.65. The summed E-state index contributed by atoms with van der Waals surface area (Å²) >= 11 is 0. The van der Waals surface area contributed by atoms with Gasteiger partial charge >= 0.3 is 5.97 Å². The molecule has 4 rings (SSSR count). The number of carbonyl (C=O) groups is 1. The van der Waals surface area contributed by atoms with E-state index in [1.54, 1.807) is 22.8 Å².